The third-order valence-electron chi connectivity index (χ3n) is 3.20. The lowest BCUT2D eigenvalue weighted by molar-refractivity contribution is -0.385. The first-order valence-electron chi connectivity index (χ1n) is 6.82. The maximum absolute atomic E-state index is 12.8. The average molecular weight is 334 g/mol. The molecule has 0 radical (unpaired) electrons. The summed E-state index contributed by atoms with van der Waals surface area (Å²) >= 11 is 1.29. The minimum Gasteiger partial charge on any atom is -0.340 e. The number of rotatable bonds is 6. The molecule has 0 saturated heterocycles. The molecule has 1 amide bonds. The molecule has 0 aliphatic carbocycles. The van der Waals surface area contributed by atoms with E-state index in [-0.39, 0.29) is 29.7 Å². The van der Waals surface area contributed by atoms with E-state index in [1.165, 1.54) is 34.9 Å². The van der Waals surface area contributed by atoms with Crippen LogP contribution in [0.2, 0.25) is 0 Å². The first kappa shape index (κ1) is 17.0. The molecule has 0 atom stereocenters. The third kappa shape index (κ3) is 4.79. The van der Waals surface area contributed by atoms with Crippen molar-refractivity contribution in [1.82, 2.24) is 4.90 Å². The van der Waals surface area contributed by atoms with Crippen LogP contribution in [-0.2, 0) is 11.3 Å². The maximum Gasteiger partial charge on any atom is 0.274 e. The van der Waals surface area contributed by atoms with Gasteiger partial charge in [0.1, 0.15) is 5.82 Å². The standard InChI is InChI=1S/C16H15FN2O3S/c1-18(10-12-4-2-3-5-15(12)19(21)22)16(20)11-23-14-8-6-13(17)7-9-14/h2-9H,10-11H2,1H3. The second-order valence-electron chi connectivity index (χ2n) is 4.88. The molecule has 0 unspecified atom stereocenters. The van der Waals surface area contributed by atoms with Gasteiger partial charge >= 0.3 is 0 Å². The predicted octanol–water partition coefficient (Wildman–Crippen LogP) is 3.48. The summed E-state index contributed by atoms with van der Waals surface area (Å²) in [5, 5.41) is 11.0. The van der Waals surface area contributed by atoms with Crippen LogP contribution in [0.1, 0.15) is 5.56 Å². The van der Waals surface area contributed by atoms with Gasteiger partial charge in [-0.1, -0.05) is 18.2 Å². The minimum absolute atomic E-state index is 0.00154. The van der Waals surface area contributed by atoms with Crippen molar-refractivity contribution >= 4 is 23.4 Å². The van der Waals surface area contributed by atoms with E-state index in [9.17, 15) is 19.3 Å². The van der Waals surface area contributed by atoms with Crippen LogP contribution in [0.25, 0.3) is 0 Å². The fraction of sp³-hybridized carbons (Fsp3) is 0.188. The van der Waals surface area contributed by atoms with Crippen molar-refractivity contribution < 1.29 is 14.1 Å². The van der Waals surface area contributed by atoms with Gasteiger partial charge in [-0.3, -0.25) is 14.9 Å². The molecule has 0 spiro atoms. The van der Waals surface area contributed by atoms with Crippen molar-refractivity contribution in [3.63, 3.8) is 0 Å². The number of nitro benzene ring substituents is 1. The molecule has 0 saturated carbocycles. The van der Waals surface area contributed by atoms with Crippen LogP contribution in [0.15, 0.2) is 53.4 Å². The molecule has 0 aromatic heterocycles. The molecular formula is C16H15FN2O3S. The highest BCUT2D eigenvalue weighted by Crippen LogP contribution is 2.21. The smallest absolute Gasteiger partial charge is 0.274 e. The molecule has 120 valence electrons. The highest BCUT2D eigenvalue weighted by Gasteiger charge is 2.16. The van der Waals surface area contributed by atoms with Crippen molar-refractivity contribution in [3.8, 4) is 0 Å². The van der Waals surface area contributed by atoms with Crippen LogP contribution >= 0.6 is 11.8 Å². The molecule has 7 heteroatoms. The number of hydrogen-bond donors (Lipinski definition) is 0. The molecule has 2 rings (SSSR count). The lowest BCUT2D eigenvalue weighted by Gasteiger charge is -2.17. The van der Waals surface area contributed by atoms with Crippen LogP contribution in [0.5, 0.6) is 0 Å². The Kier molecular flexibility index (Phi) is 5.70. The van der Waals surface area contributed by atoms with Gasteiger partial charge < -0.3 is 4.90 Å². The Bertz CT molecular complexity index is 707. The minimum atomic E-state index is -0.457. The van der Waals surface area contributed by atoms with Crippen LogP contribution in [0.4, 0.5) is 10.1 Å². The van der Waals surface area contributed by atoms with Gasteiger partial charge in [0, 0.05) is 23.6 Å². The Morgan fingerprint density at radius 1 is 1.22 bits per heavy atom. The monoisotopic (exact) mass is 334 g/mol. The Balaban J connectivity index is 1.95. The fourth-order valence-electron chi connectivity index (χ4n) is 1.95. The fourth-order valence-corrected chi connectivity index (χ4v) is 2.79. The number of nitro groups is 1. The summed E-state index contributed by atoms with van der Waals surface area (Å²) in [7, 11) is 1.60. The van der Waals surface area contributed by atoms with Crippen molar-refractivity contribution in [3.05, 3.63) is 70.0 Å². The van der Waals surface area contributed by atoms with Crippen molar-refractivity contribution in [2.45, 2.75) is 11.4 Å². The van der Waals surface area contributed by atoms with Crippen molar-refractivity contribution in [1.29, 1.82) is 0 Å². The topological polar surface area (TPSA) is 63.4 Å². The summed E-state index contributed by atoms with van der Waals surface area (Å²) in [5.41, 5.74) is 0.485. The molecule has 23 heavy (non-hydrogen) atoms. The first-order valence-corrected chi connectivity index (χ1v) is 7.80. The third-order valence-corrected chi connectivity index (χ3v) is 4.19. The molecule has 0 bridgehead atoms. The number of carbonyl (C=O) groups is 1. The Morgan fingerprint density at radius 2 is 1.87 bits per heavy atom. The van der Waals surface area contributed by atoms with Gasteiger partial charge in [-0.05, 0) is 24.3 Å². The Hall–Kier alpha value is -2.41. The van der Waals surface area contributed by atoms with Crippen molar-refractivity contribution in [2.75, 3.05) is 12.8 Å². The van der Waals surface area contributed by atoms with Gasteiger partial charge in [0.15, 0.2) is 0 Å². The molecule has 5 nitrogen and oxygen atoms in total. The number of halogens is 1. The predicted molar refractivity (Wildman–Crippen MR) is 86.7 cm³/mol. The molecule has 2 aromatic rings. The molecule has 0 N–H and O–H groups in total. The zero-order valence-electron chi connectivity index (χ0n) is 12.4. The number of amides is 1. The number of benzene rings is 2. The normalized spacial score (nSPS) is 10.3. The first-order chi connectivity index (χ1) is 11.0. The summed E-state index contributed by atoms with van der Waals surface area (Å²) in [6.07, 6.45) is 0. The van der Waals surface area contributed by atoms with Crippen LogP contribution in [0, 0.1) is 15.9 Å². The van der Waals surface area contributed by atoms with E-state index in [1.54, 1.807) is 37.4 Å². The molecule has 0 aliphatic heterocycles. The Morgan fingerprint density at radius 3 is 2.52 bits per heavy atom. The van der Waals surface area contributed by atoms with Gasteiger partial charge in [-0.2, -0.15) is 0 Å². The van der Waals surface area contributed by atoms with E-state index in [0.717, 1.165) is 4.90 Å². The van der Waals surface area contributed by atoms with Crippen LogP contribution in [-0.4, -0.2) is 28.5 Å². The highest BCUT2D eigenvalue weighted by molar-refractivity contribution is 8.00. The zero-order valence-corrected chi connectivity index (χ0v) is 13.3. The second kappa shape index (κ2) is 7.73. The Labute approximate surface area is 137 Å². The number of thioether (sulfide) groups is 1. The van der Waals surface area contributed by atoms with E-state index < -0.39 is 4.92 Å². The average Bonchev–Trinajstić information content (AvgIpc) is 2.54. The van der Waals surface area contributed by atoms with E-state index in [2.05, 4.69) is 0 Å². The van der Waals surface area contributed by atoms with Gasteiger partial charge in [-0.25, -0.2) is 4.39 Å². The molecule has 0 aliphatic rings. The molecular weight excluding hydrogens is 319 g/mol. The summed E-state index contributed by atoms with van der Waals surface area (Å²) in [5.74, 6) is -0.297. The van der Waals surface area contributed by atoms with Gasteiger partial charge in [0.25, 0.3) is 5.69 Å². The summed E-state index contributed by atoms with van der Waals surface area (Å²) in [6, 6.07) is 12.2. The number of para-hydroxylation sites is 1. The number of carbonyl (C=O) groups excluding carboxylic acids is 1. The van der Waals surface area contributed by atoms with Gasteiger partial charge in [-0.15, -0.1) is 11.8 Å². The lowest BCUT2D eigenvalue weighted by Crippen LogP contribution is -2.28. The number of hydrogen-bond acceptors (Lipinski definition) is 4. The van der Waals surface area contributed by atoms with Crippen molar-refractivity contribution in [2.24, 2.45) is 0 Å². The summed E-state index contributed by atoms with van der Waals surface area (Å²) in [4.78, 5) is 24.9. The van der Waals surface area contributed by atoms with Crippen LogP contribution in [0.3, 0.4) is 0 Å². The largest absolute Gasteiger partial charge is 0.340 e. The summed E-state index contributed by atoms with van der Waals surface area (Å²) in [6.45, 7) is 0.167. The van der Waals surface area contributed by atoms with Gasteiger partial charge in [0.05, 0.1) is 17.2 Å². The molecule has 0 fully saturated rings. The van der Waals surface area contributed by atoms with Gasteiger partial charge in [0.2, 0.25) is 5.91 Å². The summed E-state index contributed by atoms with van der Waals surface area (Å²) < 4.78 is 12.8. The van der Waals surface area contributed by atoms with E-state index >= 15 is 0 Å². The molecule has 2 aromatic carbocycles. The van der Waals surface area contributed by atoms with Crippen LogP contribution < -0.4 is 0 Å². The lowest BCUT2D eigenvalue weighted by atomic mass is 10.1. The van der Waals surface area contributed by atoms with E-state index in [0.29, 0.717) is 5.56 Å². The maximum atomic E-state index is 12.8. The zero-order chi connectivity index (χ0) is 16.8. The quantitative estimate of drug-likeness (QED) is 0.461. The molecule has 0 heterocycles. The van der Waals surface area contributed by atoms with E-state index in [4.69, 9.17) is 0 Å². The second-order valence-corrected chi connectivity index (χ2v) is 5.93. The van der Waals surface area contributed by atoms with E-state index in [1.807, 2.05) is 0 Å². The highest BCUT2D eigenvalue weighted by atomic mass is 32.2. The SMILES string of the molecule is CN(Cc1ccccc1[N+](=O)[O-])C(=O)CSc1ccc(F)cc1. The number of nitrogens with zero attached hydrogens (tertiary/aromatic N) is 2.